The lowest BCUT2D eigenvalue weighted by molar-refractivity contribution is 0.600. The Morgan fingerprint density at radius 1 is 1.05 bits per heavy atom. The number of aromatic nitrogens is 1. The first-order valence-corrected chi connectivity index (χ1v) is 9.30. The molecule has 1 aliphatic carbocycles. The van der Waals surface area contributed by atoms with E-state index in [9.17, 15) is 8.42 Å². The number of benzene rings is 1. The second kappa shape index (κ2) is 6.48. The van der Waals surface area contributed by atoms with Crippen LogP contribution in [0.15, 0.2) is 42.6 Å². The Balaban J connectivity index is 1.72. The molecule has 0 fully saturated rings. The fourth-order valence-corrected chi connectivity index (χ4v) is 3.99. The molecule has 4 nitrogen and oxygen atoms in total. The molecule has 1 aliphatic rings. The monoisotopic (exact) mass is 316 g/mol. The summed E-state index contributed by atoms with van der Waals surface area (Å²) in [6.07, 6.45) is 6.41. The summed E-state index contributed by atoms with van der Waals surface area (Å²) in [6.45, 7) is 0. The molecule has 0 bridgehead atoms. The van der Waals surface area contributed by atoms with Crippen molar-refractivity contribution in [3.63, 3.8) is 0 Å². The van der Waals surface area contributed by atoms with Crippen LogP contribution in [0.1, 0.15) is 29.7 Å². The van der Waals surface area contributed by atoms with Crippen molar-refractivity contribution in [2.24, 2.45) is 0 Å². The Kier molecular flexibility index (Phi) is 4.43. The topological polar surface area (TPSA) is 59.1 Å². The van der Waals surface area contributed by atoms with Crippen LogP contribution in [0.25, 0.3) is 0 Å². The SMILES string of the molecule is O=S(=O)(CCc1ccccn1)Nc1cccc2c1CCCC2. The van der Waals surface area contributed by atoms with E-state index in [1.165, 1.54) is 12.0 Å². The molecule has 0 amide bonds. The highest BCUT2D eigenvalue weighted by atomic mass is 32.2. The van der Waals surface area contributed by atoms with Gasteiger partial charge in [-0.1, -0.05) is 18.2 Å². The Morgan fingerprint density at radius 2 is 1.91 bits per heavy atom. The van der Waals surface area contributed by atoms with Crippen LogP contribution in [-0.2, 0) is 29.3 Å². The number of hydrogen-bond donors (Lipinski definition) is 1. The zero-order chi connectivity index (χ0) is 15.4. The minimum Gasteiger partial charge on any atom is -0.283 e. The molecule has 1 aromatic carbocycles. The lowest BCUT2D eigenvalue weighted by Crippen LogP contribution is -2.20. The highest BCUT2D eigenvalue weighted by Crippen LogP contribution is 2.28. The maximum absolute atomic E-state index is 12.3. The van der Waals surface area contributed by atoms with E-state index in [0.717, 1.165) is 36.2 Å². The quantitative estimate of drug-likeness (QED) is 0.922. The molecule has 22 heavy (non-hydrogen) atoms. The summed E-state index contributed by atoms with van der Waals surface area (Å²) in [5, 5.41) is 0. The van der Waals surface area contributed by atoms with E-state index in [2.05, 4.69) is 15.8 Å². The molecular formula is C17H20N2O2S. The van der Waals surface area contributed by atoms with Crippen molar-refractivity contribution in [2.45, 2.75) is 32.1 Å². The van der Waals surface area contributed by atoms with Crippen molar-refractivity contribution in [3.05, 3.63) is 59.4 Å². The molecule has 1 N–H and O–H groups in total. The van der Waals surface area contributed by atoms with E-state index in [4.69, 9.17) is 0 Å². The predicted molar refractivity (Wildman–Crippen MR) is 88.4 cm³/mol. The van der Waals surface area contributed by atoms with Gasteiger partial charge in [0.25, 0.3) is 0 Å². The fourth-order valence-electron chi connectivity index (χ4n) is 2.88. The minimum atomic E-state index is -3.36. The van der Waals surface area contributed by atoms with Gasteiger partial charge in [0.15, 0.2) is 0 Å². The van der Waals surface area contributed by atoms with Crippen LogP contribution in [0.2, 0.25) is 0 Å². The second-order valence-electron chi connectivity index (χ2n) is 5.64. The number of aryl methyl sites for hydroxylation is 2. The fraction of sp³-hybridized carbons (Fsp3) is 0.353. The van der Waals surface area contributed by atoms with Crippen molar-refractivity contribution < 1.29 is 8.42 Å². The molecule has 1 aromatic heterocycles. The minimum absolute atomic E-state index is 0.0493. The van der Waals surface area contributed by atoms with Crippen LogP contribution in [0.3, 0.4) is 0 Å². The van der Waals surface area contributed by atoms with Gasteiger partial charge in [0.2, 0.25) is 10.0 Å². The van der Waals surface area contributed by atoms with Gasteiger partial charge in [0.05, 0.1) is 11.4 Å². The van der Waals surface area contributed by atoms with Crippen LogP contribution in [0, 0.1) is 0 Å². The van der Waals surface area contributed by atoms with Crippen LogP contribution in [-0.4, -0.2) is 19.2 Å². The number of sulfonamides is 1. The third-order valence-electron chi connectivity index (χ3n) is 4.01. The maximum atomic E-state index is 12.3. The largest absolute Gasteiger partial charge is 0.283 e. The molecule has 0 aliphatic heterocycles. The number of nitrogens with one attached hydrogen (secondary N) is 1. The molecule has 0 unspecified atom stereocenters. The summed E-state index contributed by atoms with van der Waals surface area (Å²) in [4.78, 5) is 4.17. The van der Waals surface area contributed by atoms with Gasteiger partial charge in [-0.3, -0.25) is 9.71 Å². The van der Waals surface area contributed by atoms with Crippen molar-refractivity contribution >= 4 is 15.7 Å². The first-order chi connectivity index (χ1) is 10.6. The van der Waals surface area contributed by atoms with Gasteiger partial charge in [-0.25, -0.2) is 8.42 Å². The number of pyridine rings is 1. The zero-order valence-electron chi connectivity index (χ0n) is 12.5. The Morgan fingerprint density at radius 3 is 2.73 bits per heavy atom. The van der Waals surface area contributed by atoms with E-state index < -0.39 is 10.0 Å². The lowest BCUT2D eigenvalue weighted by atomic mass is 9.91. The third-order valence-corrected chi connectivity index (χ3v) is 5.29. The lowest BCUT2D eigenvalue weighted by Gasteiger charge is -2.20. The van der Waals surface area contributed by atoms with Crippen LogP contribution in [0.5, 0.6) is 0 Å². The van der Waals surface area contributed by atoms with Gasteiger partial charge in [-0.15, -0.1) is 0 Å². The third kappa shape index (κ3) is 3.65. The highest BCUT2D eigenvalue weighted by molar-refractivity contribution is 7.92. The molecular weight excluding hydrogens is 296 g/mol. The van der Waals surface area contributed by atoms with Crippen LogP contribution in [0.4, 0.5) is 5.69 Å². The summed E-state index contributed by atoms with van der Waals surface area (Å²) in [5.41, 5.74) is 3.98. The van der Waals surface area contributed by atoms with Gasteiger partial charge in [-0.05, 0) is 55.0 Å². The van der Waals surface area contributed by atoms with Crippen LogP contribution >= 0.6 is 0 Å². The maximum Gasteiger partial charge on any atom is 0.233 e. The van der Waals surface area contributed by atoms with Crippen molar-refractivity contribution in [3.8, 4) is 0 Å². The number of nitrogens with zero attached hydrogens (tertiary/aromatic N) is 1. The van der Waals surface area contributed by atoms with Crippen molar-refractivity contribution in [1.82, 2.24) is 4.98 Å². The van der Waals surface area contributed by atoms with E-state index >= 15 is 0 Å². The molecule has 0 saturated heterocycles. The molecule has 0 spiro atoms. The van der Waals surface area contributed by atoms with Gasteiger partial charge in [0, 0.05) is 18.3 Å². The standard InChI is InChI=1S/C17H20N2O2S/c20-22(21,13-11-15-8-3-4-12-18-15)19-17-10-5-7-14-6-1-2-9-16(14)17/h3-5,7-8,10,12,19H,1-2,6,9,11,13H2. The smallest absolute Gasteiger partial charge is 0.233 e. The summed E-state index contributed by atoms with van der Waals surface area (Å²) in [6, 6.07) is 11.4. The Labute approximate surface area is 131 Å². The number of rotatable bonds is 5. The molecule has 5 heteroatoms. The molecule has 0 saturated carbocycles. The molecule has 1 heterocycles. The molecule has 0 atom stereocenters. The van der Waals surface area contributed by atoms with Gasteiger partial charge < -0.3 is 0 Å². The number of anilines is 1. The number of hydrogen-bond acceptors (Lipinski definition) is 3. The average Bonchev–Trinajstić information content (AvgIpc) is 2.54. The predicted octanol–water partition coefficient (Wildman–Crippen LogP) is 2.94. The number of fused-ring (bicyclic) bond motifs is 1. The van der Waals surface area contributed by atoms with E-state index in [1.807, 2.05) is 30.3 Å². The summed E-state index contributed by atoms with van der Waals surface area (Å²) in [5.74, 6) is 0.0493. The van der Waals surface area contributed by atoms with Gasteiger partial charge in [0.1, 0.15) is 0 Å². The molecule has 116 valence electrons. The first kappa shape index (κ1) is 15.0. The van der Waals surface area contributed by atoms with Crippen molar-refractivity contribution in [1.29, 1.82) is 0 Å². The molecule has 3 rings (SSSR count). The van der Waals surface area contributed by atoms with Crippen molar-refractivity contribution in [2.75, 3.05) is 10.5 Å². The average molecular weight is 316 g/mol. The van der Waals surface area contributed by atoms with E-state index in [1.54, 1.807) is 6.20 Å². The molecule has 0 radical (unpaired) electrons. The van der Waals surface area contributed by atoms with E-state index in [0.29, 0.717) is 6.42 Å². The Bertz CT molecular complexity index is 743. The van der Waals surface area contributed by atoms with Gasteiger partial charge in [-0.2, -0.15) is 0 Å². The van der Waals surface area contributed by atoms with E-state index in [-0.39, 0.29) is 5.75 Å². The summed E-state index contributed by atoms with van der Waals surface area (Å²) >= 11 is 0. The zero-order valence-corrected chi connectivity index (χ0v) is 13.3. The summed E-state index contributed by atoms with van der Waals surface area (Å²) in [7, 11) is -3.36. The second-order valence-corrected chi connectivity index (χ2v) is 7.48. The van der Waals surface area contributed by atoms with Crippen LogP contribution < -0.4 is 4.72 Å². The molecule has 2 aromatic rings. The normalized spacial score (nSPS) is 14.4. The van der Waals surface area contributed by atoms with Gasteiger partial charge >= 0.3 is 0 Å². The first-order valence-electron chi connectivity index (χ1n) is 7.65. The Hall–Kier alpha value is -1.88. The summed E-state index contributed by atoms with van der Waals surface area (Å²) < 4.78 is 27.4. The highest BCUT2D eigenvalue weighted by Gasteiger charge is 2.17.